The van der Waals surface area contributed by atoms with Crippen LogP contribution in [0.4, 0.5) is 5.69 Å². The smallest absolute Gasteiger partial charge is 0.618 e. The number of para-hydroxylation sites is 1. The number of amides is 1. The third kappa shape index (κ3) is 4.44. The van der Waals surface area contributed by atoms with Crippen LogP contribution in [0.5, 0.6) is 5.75 Å². The molecule has 0 aliphatic heterocycles. The molecule has 0 bridgehead atoms. The Labute approximate surface area is 220 Å². The minimum absolute atomic E-state index is 0. The Morgan fingerprint density at radius 2 is 1.68 bits per heavy atom. The molecular formula is C23H17KN2O5. The monoisotopic (exact) mass is 440 g/mol. The van der Waals surface area contributed by atoms with Crippen LogP contribution in [0.3, 0.4) is 0 Å². The second kappa shape index (κ2) is 9.76. The number of hydrogen-bond donors (Lipinski definition) is 1. The number of benzene rings is 2. The average molecular weight is 440 g/mol. The fourth-order valence-corrected chi connectivity index (χ4v) is 3.27. The summed E-state index contributed by atoms with van der Waals surface area (Å²) >= 11 is 0. The molecule has 4 rings (SSSR count). The van der Waals surface area contributed by atoms with Gasteiger partial charge in [0.05, 0.1) is 23.5 Å². The SMILES string of the molecule is CCOC(=O)c1cc([N-]C(=O)c2ccccc2)c(=O)n2c(cc3ccccc32)c1O.[K+]. The molecule has 0 unspecified atom stereocenters. The molecule has 0 aliphatic carbocycles. The van der Waals surface area contributed by atoms with Crippen LogP contribution in [-0.4, -0.2) is 28.0 Å². The molecule has 1 N–H and O–H groups in total. The van der Waals surface area contributed by atoms with Crippen molar-refractivity contribution in [1.82, 2.24) is 4.40 Å². The van der Waals surface area contributed by atoms with Gasteiger partial charge in [-0.2, -0.15) is 0 Å². The van der Waals surface area contributed by atoms with Crippen molar-refractivity contribution in [3.05, 3.63) is 93.5 Å². The maximum absolute atomic E-state index is 13.3. The predicted octanol–water partition coefficient (Wildman–Crippen LogP) is 1.18. The summed E-state index contributed by atoms with van der Waals surface area (Å²) in [5, 5.41) is 15.5. The first kappa shape index (κ1) is 23.2. The quantitative estimate of drug-likeness (QED) is 0.380. The molecule has 2 aromatic carbocycles. The molecule has 1 amide bonds. The fraction of sp³-hybridized carbons (Fsp3) is 0.0870. The van der Waals surface area contributed by atoms with Crippen molar-refractivity contribution in [2.45, 2.75) is 6.92 Å². The molecule has 0 fully saturated rings. The summed E-state index contributed by atoms with van der Waals surface area (Å²) in [6.45, 7) is 1.71. The van der Waals surface area contributed by atoms with Crippen molar-refractivity contribution < 1.29 is 70.8 Å². The number of aromatic nitrogens is 1. The Balaban J connectivity index is 0.00000272. The Morgan fingerprint density at radius 3 is 2.39 bits per heavy atom. The predicted molar refractivity (Wildman–Crippen MR) is 113 cm³/mol. The number of nitrogens with zero attached hydrogens (tertiary/aromatic N) is 2. The summed E-state index contributed by atoms with van der Waals surface area (Å²) in [5.74, 6) is -1.88. The van der Waals surface area contributed by atoms with E-state index < -0.39 is 23.2 Å². The summed E-state index contributed by atoms with van der Waals surface area (Å²) in [7, 11) is 0. The Morgan fingerprint density at radius 1 is 1.00 bits per heavy atom. The van der Waals surface area contributed by atoms with Crippen LogP contribution in [0.2, 0.25) is 0 Å². The molecule has 7 nitrogen and oxygen atoms in total. The van der Waals surface area contributed by atoms with Gasteiger partial charge in [-0.05, 0) is 24.6 Å². The fourth-order valence-electron chi connectivity index (χ4n) is 3.27. The molecule has 150 valence electrons. The molecule has 0 atom stereocenters. The van der Waals surface area contributed by atoms with Crippen LogP contribution in [0.25, 0.3) is 21.7 Å². The van der Waals surface area contributed by atoms with Gasteiger partial charge < -0.3 is 20.0 Å². The van der Waals surface area contributed by atoms with Crippen molar-refractivity contribution in [2.75, 3.05) is 6.61 Å². The minimum Gasteiger partial charge on any atom is -0.618 e. The number of hydrogen-bond acceptors (Lipinski definition) is 5. The molecule has 0 saturated heterocycles. The third-order valence-electron chi connectivity index (χ3n) is 4.65. The maximum atomic E-state index is 13.3. The first-order valence-electron chi connectivity index (χ1n) is 9.30. The Kier molecular flexibility index (Phi) is 7.29. The summed E-state index contributed by atoms with van der Waals surface area (Å²) in [6, 6.07) is 18.0. The van der Waals surface area contributed by atoms with Crippen molar-refractivity contribution in [1.29, 1.82) is 0 Å². The molecule has 0 radical (unpaired) electrons. The number of rotatable bonds is 4. The minimum atomic E-state index is -0.818. The van der Waals surface area contributed by atoms with Crippen LogP contribution in [0, 0.1) is 0 Å². The summed E-state index contributed by atoms with van der Waals surface area (Å²) < 4.78 is 6.26. The molecular weight excluding hydrogens is 423 g/mol. The van der Waals surface area contributed by atoms with Crippen molar-refractivity contribution in [3.8, 4) is 5.75 Å². The second-order valence-corrected chi connectivity index (χ2v) is 6.52. The number of aromatic hydroxyl groups is 1. The zero-order chi connectivity index (χ0) is 21.3. The molecule has 2 aromatic heterocycles. The Hall–Kier alpha value is -2.49. The summed E-state index contributed by atoms with van der Waals surface area (Å²) in [4.78, 5) is 38.4. The van der Waals surface area contributed by atoms with Gasteiger partial charge in [-0.25, -0.2) is 4.79 Å². The first-order chi connectivity index (χ1) is 14.5. The van der Waals surface area contributed by atoms with Gasteiger partial charge in [0.2, 0.25) is 5.56 Å². The number of carbonyl (C=O) groups excluding carboxylic acids is 2. The van der Waals surface area contributed by atoms with Crippen LogP contribution in [0.15, 0.2) is 71.5 Å². The molecule has 4 aromatic rings. The van der Waals surface area contributed by atoms with Gasteiger partial charge in [-0.1, -0.05) is 60.3 Å². The standard InChI is InChI=1S/C23H18N2O5.K/c1-2-30-23(29)16-13-17(24-21(27)14-8-4-3-5-9-14)22(28)25-18-11-7-6-10-15(18)12-19(25)20(16)26;/h3-13H,2H2,1H3,(H2,24,26,27,28,29);/q;+1/p-1. The van der Waals surface area contributed by atoms with Crippen LogP contribution < -0.4 is 56.9 Å². The second-order valence-electron chi connectivity index (χ2n) is 6.52. The maximum Gasteiger partial charge on any atom is 1.00 e. The van der Waals surface area contributed by atoms with Gasteiger partial charge in [-0.15, -0.1) is 0 Å². The van der Waals surface area contributed by atoms with E-state index in [1.165, 1.54) is 4.40 Å². The van der Waals surface area contributed by atoms with E-state index in [0.29, 0.717) is 16.5 Å². The van der Waals surface area contributed by atoms with E-state index in [1.54, 1.807) is 67.6 Å². The van der Waals surface area contributed by atoms with Crippen LogP contribution in [0.1, 0.15) is 27.6 Å². The van der Waals surface area contributed by atoms with Crippen molar-refractivity contribution >= 4 is 34.0 Å². The van der Waals surface area contributed by atoms with Crippen LogP contribution in [-0.2, 0) is 4.74 Å². The van der Waals surface area contributed by atoms with E-state index in [2.05, 4.69) is 5.32 Å². The van der Waals surface area contributed by atoms with Gasteiger partial charge in [-0.3, -0.25) is 9.20 Å². The zero-order valence-electron chi connectivity index (χ0n) is 17.0. The van der Waals surface area contributed by atoms with Gasteiger partial charge in [0.1, 0.15) is 5.56 Å². The van der Waals surface area contributed by atoms with E-state index in [-0.39, 0.29) is 74.8 Å². The summed E-state index contributed by atoms with van der Waals surface area (Å²) in [6.07, 6.45) is 0. The topological polar surface area (TPSA) is 99.2 Å². The van der Waals surface area contributed by atoms with Gasteiger partial charge in [0.25, 0.3) is 0 Å². The number of carbonyl (C=O) groups is 2. The van der Waals surface area contributed by atoms with E-state index in [4.69, 9.17) is 4.74 Å². The van der Waals surface area contributed by atoms with Crippen LogP contribution >= 0.6 is 0 Å². The van der Waals surface area contributed by atoms with E-state index in [9.17, 15) is 19.5 Å². The number of fused-ring (bicyclic) bond motifs is 3. The van der Waals surface area contributed by atoms with E-state index in [0.717, 1.165) is 6.07 Å². The largest absolute Gasteiger partial charge is 1.00 e. The van der Waals surface area contributed by atoms with Gasteiger partial charge in [0.15, 0.2) is 5.75 Å². The number of ether oxygens (including phenoxy) is 1. The van der Waals surface area contributed by atoms with E-state index in [1.807, 2.05) is 0 Å². The van der Waals surface area contributed by atoms with Crippen molar-refractivity contribution in [3.63, 3.8) is 0 Å². The molecule has 0 aliphatic rings. The van der Waals surface area contributed by atoms with Crippen molar-refractivity contribution in [2.24, 2.45) is 0 Å². The molecule has 0 spiro atoms. The third-order valence-corrected chi connectivity index (χ3v) is 4.65. The van der Waals surface area contributed by atoms with E-state index >= 15 is 0 Å². The Bertz CT molecular complexity index is 1350. The molecule has 2 heterocycles. The summed E-state index contributed by atoms with van der Waals surface area (Å²) in [5.41, 5.74) is -0.231. The zero-order valence-corrected chi connectivity index (χ0v) is 20.2. The molecule has 0 saturated carbocycles. The molecule has 8 heteroatoms. The molecule has 31 heavy (non-hydrogen) atoms. The normalized spacial score (nSPS) is 10.5. The average Bonchev–Trinajstić information content (AvgIpc) is 3.11. The van der Waals surface area contributed by atoms with Gasteiger partial charge >= 0.3 is 57.4 Å². The first-order valence-corrected chi connectivity index (χ1v) is 9.30. The van der Waals surface area contributed by atoms with Gasteiger partial charge in [0, 0.05) is 5.39 Å². The number of esters is 1.